The molecule has 3 aromatic heterocycles. The largest absolute Gasteiger partial charge is 0.438 e. The van der Waals surface area contributed by atoms with Crippen LogP contribution >= 0.6 is 0 Å². The minimum atomic E-state index is -0.472. The highest BCUT2D eigenvalue weighted by Crippen LogP contribution is 2.22. The predicted octanol–water partition coefficient (Wildman–Crippen LogP) is 3.02. The molecule has 0 saturated carbocycles. The lowest BCUT2D eigenvalue weighted by Gasteiger charge is -2.08. The summed E-state index contributed by atoms with van der Waals surface area (Å²) in [6.45, 7) is 3.86. The topological polar surface area (TPSA) is 104 Å². The van der Waals surface area contributed by atoms with Crippen LogP contribution in [-0.4, -0.2) is 30.5 Å². The van der Waals surface area contributed by atoms with Crippen LogP contribution in [0.4, 0.5) is 5.69 Å². The predicted molar refractivity (Wildman–Crippen MR) is 115 cm³/mol. The van der Waals surface area contributed by atoms with Crippen LogP contribution in [0.25, 0.3) is 5.82 Å². The summed E-state index contributed by atoms with van der Waals surface area (Å²) in [4.78, 5) is 24.4. The van der Waals surface area contributed by atoms with Gasteiger partial charge in [-0.15, -0.1) is 10.2 Å². The molecule has 0 aliphatic rings. The zero-order chi connectivity index (χ0) is 22.0. The molecule has 0 bridgehead atoms. The Bertz CT molecular complexity index is 1290. The summed E-state index contributed by atoms with van der Waals surface area (Å²) in [5.41, 5.74) is 2.12. The molecule has 3 heterocycles. The Morgan fingerprint density at radius 1 is 1.03 bits per heavy atom. The van der Waals surface area contributed by atoms with Gasteiger partial charge in [0, 0.05) is 30.7 Å². The van der Waals surface area contributed by atoms with Crippen LogP contribution in [-0.2, 0) is 7.05 Å². The van der Waals surface area contributed by atoms with Gasteiger partial charge in [0.25, 0.3) is 11.5 Å². The third-order valence-electron chi connectivity index (χ3n) is 4.56. The molecule has 0 radical (unpaired) electrons. The lowest BCUT2D eigenvalue weighted by atomic mass is 10.2. The molecule has 1 aromatic carbocycles. The van der Waals surface area contributed by atoms with Gasteiger partial charge in [-0.3, -0.25) is 9.59 Å². The van der Waals surface area contributed by atoms with Crippen molar-refractivity contribution in [3.8, 4) is 17.4 Å². The summed E-state index contributed by atoms with van der Waals surface area (Å²) in [5, 5.41) is 15.3. The summed E-state index contributed by atoms with van der Waals surface area (Å²) < 4.78 is 8.78. The number of anilines is 1. The van der Waals surface area contributed by atoms with Crippen molar-refractivity contribution in [1.29, 1.82) is 0 Å². The van der Waals surface area contributed by atoms with Crippen molar-refractivity contribution < 1.29 is 9.53 Å². The van der Waals surface area contributed by atoms with Crippen LogP contribution in [0.3, 0.4) is 0 Å². The molecule has 0 aliphatic heterocycles. The van der Waals surface area contributed by atoms with E-state index in [4.69, 9.17) is 4.74 Å². The van der Waals surface area contributed by atoms with E-state index in [0.29, 0.717) is 23.1 Å². The van der Waals surface area contributed by atoms with Gasteiger partial charge in [-0.2, -0.15) is 5.10 Å². The van der Waals surface area contributed by atoms with Crippen molar-refractivity contribution in [1.82, 2.24) is 24.5 Å². The molecule has 1 N–H and O–H groups in total. The summed E-state index contributed by atoms with van der Waals surface area (Å²) in [6.07, 6.45) is 1.60. The Hall–Kier alpha value is -4.27. The van der Waals surface area contributed by atoms with Gasteiger partial charge in [0.2, 0.25) is 5.88 Å². The number of nitrogens with one attached hydrogen (secondary N) is 1. The molecule has 0 fully saturated rings. The molecule has 9 heteroatoms. The zero-order valence-electron chi connectivity index (χ0n) is 17.2. The van der Waals surface area contributed by atoms with Crippen LogP contribution in [0, 0.1) is 13.8 Å². The lowest BCUT2D eigenvalue weighted by molar-refractivity contribution is 0.102. The van der Waals surface area contributed by atoms with E-state index in [1.807, 2.05) is 19.9 Å². The molecule has 1 amide bonds. The number of aryl methyl sites for hydroxylation is 3. The number of aromatic nitrogens is 5. The fourth-order valence-electron chi connectivity index (χ4n) is 3.04. The Balaban J connectivity index is 1.43. The second-order valence-electron chi connectivity index (χ2n) is 6.99. The van der Waals surface area contributed by atoms with Crippen molar-refractivity contribution in [3.05, 3.63) is 88.1 Å². The van der Waals surface area contributed by atoms with Crippen molar-refractivity contribution >= 4 is 11.6 Å². The maximum Gasteiger partial charge on any atom is 0.263 e. The summed E-state index contributed by atoms with van der Waals surface area (Å²) in [6, 6.07) is 15.3. The highest BCUT2D eigenvalue weighted by atomic mass is 16.5. The number of rotatable bonds is 5. The molecule has 0 atom stereocenters. The standard InChI is InChI=1S/C22H20N6O3/c1-14-13-15(2)28(26-14)19-10-11-20(25-24-19)31-17-8-6-16(7-9-17)23-21(29)18-5-4-12-27(3)22(18)30/h4-13H,1-3H3,(H,23,29). The first-order valence-electron chi connectivity index (χ1n) is 9.53. The average Bonchev–Trinajstić information content (AvgIpc) is 3.10. The second kappa shape index (κ2) is 8.23. The average molecular weight is 416 g/mol. The maximum atomic E-state index is 12.4. The lowest BCUT2D eigenvalue weighted by Crippen LogP contribution is -2.26. The summed E-state index contributed by atoms with van der Waals surface area (Å²) >= 11 is 0. The Morgan fingerprint density at radius 3 is 2.45 bits per heavy atom. The first-order chi connectivity index (χ1) is 14.9. The minimum Gasteiger partial charge on any atom is -0.438 e. The minimum absolute atomic E-state index is 0.0725. The highest BCUT2D eigenvalue weighted by molar-refractivity contribution is 6.03. The number of carbonyl (C=O) groups is 1. The Morgan fingerprint density at radius 2 is 1.81 bits per heavy atom. The van der Waals surface area contributed by atoms with Crippen molar-refractivity contribution in [2.24, 2.45) is 7.05 Å². The fraction of sp³-hybridized carbons (Fsp3) is 0.136. The third kappa shape index (κ3) is 4.35. The van der Waals surface area contributed by atoms with Gasteiger partial charge < -0.3 is 14.6 Å². The van der Waals surface area contributed by atoms with Gasteiger partial charge in [0.15, 0.2) is 5.82 Å². The van der Waals surface area contributed by atoms with Gasteiger partial charge in [-0.05, 0) is 62.4 Å². The van der Waals surface area contributed by atoms with Crippen LogP contribution < -0.4 is 15.6 Å². The number of amides is 1. The summed E-state index contributed by atoms with van der Waals surface area (Å²) in [5.74, 6) is 0.986. The number of carbonyl (C=O) groups excluding carboxylic acids is 1. The first-order valence-corrected chi connectivity index (χ1v) is 9.53. The van der Waals surface area contributed by atoms with Crippen LogP contribution in [0.2, 0.25) is 0 Å². The van der Waals surface area contributed by atoms with Crippen LogP contribution in [0.1, 0.15) is 21.7 Å². The van der Waals surface area contributed by atoms with E-state index >= 15 is 0 Å². The summed E-state index contributed by atoms with van der Waals surface area (Å²) in [7, 11) is 1.60. The Kier molecular flexibility index (Phi) is 5.31. The van der Waals surface area contributed by atoms with E-state index in [-0.39, 0.29) is 11.1 Å². The van der Waals surface area contributed by atoms with Crippen LogP contribution in [0.15, 0.2) is 65.6 Å². The zero-order valence-corrected chi connectivity index (χ0v) is 17.2. The second-order valence-corrected chi connectivity index (χ2v) is 6.99. The monoisotopic (exact) mass is 416 g/mol. The number of nitrogens with zero attached hydrogens (tertiary/aromatic N) is 5. The van der Waals surface area contributed by atoms with Crippen molar-refractivity contribution in [2.75, 3.05) is 5.32 Å². The quantitative estimate of drug-likeness (QED) is 0.536. The van der Waals surface area contributed by atoms with E-state index in [1.54, 1.807) is 60.4 Å². The molecular weight excluding hydrogens is 396 g/mol. The smallest absolute Gasteiger partial charge is 0.263 e. The number of hydrogen-bond donors (Lipinski definition) is 1. The highest BCUT2D eigenvalue weighted by Gasteiger charge is 2.12. The van der Waals surface area contributed by atoms with E-state index in [9.17, 15) is 9.59 Å². The molecule has 9 nitrogen and oxygen atoms in total. The number of pyridine rings is 1. The molecule has 4 aromatic rings. The van der Waals surface area contributed by atoms with Gasteiger partial charge in [-0.1, -0.05) is 0 Å². The van der Waals surface area contributed by atoms with E-state index < -0.39 is 5.91 Å². The fourth-order valence-corrected chi connectivity index (χ4v) is 3.04. The number of ether oxygens (including phenoxy) is 1. The van der Waals surface area contributed by atoms with Gasteiger partial charge >= 0.3 is 0 Å². The third-order valence-corrected chi connectivity index (χ3v) is 4.56. The SMILES string of the molecule is Cc1cc(C)n(-c2ccc(Oc3ccc(NC(=O)c4cccn(C)c4=O)cc3)nn2)n1. The molecule has 156 valence electrons. The molecule has 0 aliphatic carbocycles. The molecule has 4 rings (SSSR count). The van der Waals surface area contributed by atoms with Gasteiger partial charge in [0.05, 0.1) is 5.69 Å². The molecule has 0 saturated heterocycles. The number of hydrogen-bond acceptors (Lipinski definition) is 6. The van der Waals surface area contributed by atoms with Gasteiger partial charge in [0.1, 0.15) is 11.3 Å². The maximum absolute atomic E-state index is 12.4. The van der Waals surface area contributed by atoms with E-state index in [2.05, 4.69) is 20.6 Å². The molecule has 0 spiro atoms. The van der Waals surface area contributed by atoms with Crippen LogP contribution in [0.5, 0.6) is 11.6 Å². The molecule has 31 heavy (non-hydrogen) atoms. The molecule has 0 unspecified atom stereocenters. The van der Waals surface area contributed by atoms with E-state index in [0.717, 1.165) is 11.4 Å². The van der Waals surface area contributed by atoms with Crippen molar-refractivity contribution in [2.45, 2.75) is 13.8 Å². The van der Waals surface area contributed by atoms with Gasteiger partial charge in [-0.25, -0.2) is 4.68 Å². The normalized spacial score (nSPS) is 10.7. The van der Waals surface area contributed by atoms with Crippen molar-refractivity contribution in [3.63, 3.8) is 0 Å². The first kappa shape index (κ1) is 20.0. The molecular formula is C22H20N6O3. The Labute approximate surface area is 177 Å². The van der Waals surface area contributed by atoms with E-state index in [1.165, 1.54) is 10.6 Å². The number of benzene rings is 1.